The lowest BCUT2D eigenvalue weighted by Gasteiger charge is -2.26. The van der Waals surface area contributed by atoms with Crippen molar-refractivity contribution in [2.45, 2.75) is 44.3 Å². The molecule has 2 N–H and O–H groups in total. The Hall–Kier alpha value is -0.890. The van der Waals surface area contributed by atoms with Crippen molar-refractivity contribution in [3.8, 4) is 0 Å². The number of aromatic nitrogens is 1. The van der Waals surface area contributed by atoms with Crippen molar-refractivity contribution in [3.05, 3.63) is 18.0 Å². The zero-order valence-electron chi connectivity index (χ0n) is 13.1. The fourth-order valence-electron chi connectivity index (χ4n) is 2.98. The first kappa shape index (κ1) is 16.5. The molecule has 6 nitrogen and oxygen atoms in total. The molecule has 1 aliphatic rings. The summed E-state index contributed by atoms with van der Waals surface area (Å²) < 4.78 is 29.4. The van der Waals surface area contributed by atoms with Crippen molar-refractivity contribution in [1.29, 1.82) is 0 Å². The van der Waals surface area contributed by atoms with Crippen LogP contribution in [0.15, 0.2) is 17.2 Å². The number of rotatable bonds is 4. The van der Waals surface area contributed by atoms with Crippen LogP contribution in [0.5, 0.6) is 0 Å². The van der Waals surface area contributed by atoms with E-state index in [1.807, 2.05) is 25.5 Å². The van der Waals surface area contributed by atoms with E-state index in [0.29, 0.717) is 18.0 Å². The molecule has 0 spiro atoms. The maximum atomic E-state index is 12.9. The van der Waals surface area contributed by atoms with E-state index in [2.05, 4.69) is 4.90 Å². The Morgan fingerprint density at radius 2 is 2.10 bits per heavy atom. The zero-order valence-corrected chi connectivity index (χ0v) is 13.9. The minimum Gasteiger partial charge on any atom is -0.349 e. The molecule has 0 amide bonds. The van der Waals surface area contributed by atoms with Crippen molar-refractivity contribution in [2.24, 2.45) is 5.73 Å². The fourth-order valence-corrected chi connectivity index (χ4v) is 4.70. The van der Waals surface area contributed by atoms with Gasteiger partial charge in [0, 0.05) is 44.1 Å². The third-order valence-electron chi connectivity index (χ3n) is 4.10. The highest BCUT2D eigenvalue weighted by atomic mass is 32.2. The smallest absolute Gasteiger partial charge is 0.244 e. The summed E-state index contributed by atoms with van der Waals surface area (Å²) in [6.45, 7) is 7.29. The van der Waals surface area contributed by atoms with Crippen LogP contribution < -0.4 is 5.73 Å². The average Bonchev–Trinajstić information content (AvgIpc) is 2.79. The number of hydrogen-bond acceptors (Lipinski definition) is 4. The van der Waals surface area contributed by atoms with Crippen molar-refractivity contribution >= 4 is 10.0 Å². The third kappa shape index (κ3) is 3.31. The van der Waals surface area contributed by atoms with Crippen LogP contribution in [0.1, 0.15) is 26.0 Å². The lowest BCUT2D eigenvalue weighted by molar-refractivity contribution is 0.290. The van der Waals surface area contributed by atoms with Gasteiger partial charge in [0.15, 0.2) is 0 Å². The second-order valence-electron chi connectivity index (χ2n) is 5.74. The predicted molar refractivity (Wildman–Crippen MR) is 83.5 cm³/mol. The number of likely N-dealkylation sites (N-methyl/N-ethyl adjacent to an activating group) is 1. The van der Waals surface area contributed by atoms with Gasteiger partial charge in [-0.1, -0.05) is 0 Å². The van der Waals surface area contributed by atoms with E-state index in [1.54, 1.807) is 16.6 Å². The second kappa shape index (κ2) is 6.48. The van der Waals surface area contributed by atoms with Gasteiger partial charge in [0.2, 0.25) is 10.0 Å². The largest absolute Gasteiger partial charge is 0.349 e. The molecule has 1 aliphatic heterocycles. The predicted octanol–water partition coefficient (Wildman–Crippen LogP) is 0.681. The molecule has 1 saturated heterocycles. The van der Waals surface area contributed by atoms with Gasteiger partial charge < -0.3 is 15.2 Å². The van der Waals surface area contributed by atoms with Gasteiger partial charge in [-0.05, 0) is 39.9 Å². The van der Waals surface area contributed by atoms with Gasteiger partial charge in [-0.15, -0.1) is 0 Å². The van der Waals surface area contributed by atoms with E-state index in [4.69, 9.17) is 5.73 Å². The van der Waals surface area contributed by atoms with Gasteiger partial charge in [-0.25, -0.2) is 8.42 Å². The number of aryl methyl sites for hydroxylation is 1. The van der Waals surface area contributed by atoms with Crippen LogP contribution in [-0.4, -0.2) is 54.9 Å². The highest BCUT2D eigenvalue weighted by molar-refractivity contribution is 7.89. The van der Waals surface area contributed by atoms with E-state index in [9.17, 15) is 8.42 Å². The Morgan fingerprint density at radius 3 is 2.67 bits per heavy atom. The molecule has 2 rings (SSSR count). The van der Waals surface area contributed by atoms with Crippen molar-refractivity contribution < 1.29 is 8.42 Å². The summed E-state index contributed by atoms with van der Waals surface area (Å²) in [5.74, 6) is 0. The Balaban J connectivity index is 2.34. The number of nitrogens with zero attached hydrogens (tertiary/aromatic N) is 3. The maximum absolute atomic E-state index is 12.9. The van der Waals surface area contributed by atoms with E-state index in [-0.39, 0.29) is 6.04 Å². The van der Waals surface area contributed by atoms with Crippen LogP contribution in [0.3, 0.4) is 0 Å². The molecule has 0 bridgehead atoms. The molecular weight excluding hydrogens is 288 g/mol. The highest BCUT2D eigenvalue weighted by Crippen LogP contribution is 2.23. The molecule has 2 heterocycles. The quantitative estimate of drug-likeness (QED) is 0.887. The first-order chi connectivity index (χ1) is 9.90. The molecule has 1 aromatic heterocycles. The van der Waals surface area contributed by atoms with Gasteiger partial charge in [0.25, 0.3) is 0 Å². The van der Waals surface area contributed by atoms with Gasteiger partial charge >= 0.3 is 0 Å². The molecule has 0 aliphatic carbocycles. The lowest BCUT2D eigenvalue weighted by atomic mass is 10.3. The molecule has 7 heteroatoms. The maximum Gasteiger partial charge on any atom is 0.244 e. The first-order valence-electron chi connectivity index (χ1n) is 7.49. The van der Waals surface area contributed by atoms with Crippen LogP contribution in [0.25, 0.3) is 0 Å². The Morgan fingerprint density at radius 1 is 1.38 bits per heavy atom. The molecule has 21 heavy (non-hydrogen) atoms. The Kier molecular flexibility index (Phi) is 5.08. The molecular formula is C14H26N4O2S. The minimum absolute atomic E-state index is 0.0196. The minimum atomic E-state index is -3.45. The molecule has 120 valence electrons. The van der Waals surface area contributed by atoms with Gasteiger partial charge in [-0.3, -0.25) is 0 Å². The first-order valence-corrected chi connectivity index (χ1v) is 8.93. The fraction of sp³-hybridized carbons (Fsp3) is 0.714. The van der Waals surface area contributed by atoms with Crippen LogP contribution in [0.2, 0.25) is 0 Å². The lowest BCUT2D eigenvalue weighted by Crippen LogP contribution is -2.41. The summed E-state index contributed by atoms with van der Waals surface area (Å²) in [7, 11) is -1.42. The molecule has 0 saturated carbocycles. The molecule has 1 unspecified atom stereocenters. The number of hydrogen-bond donors (Lipinski definition) is 1. The monoisotopic (exact) mass is 314 g/mol. The number of sulfonamides is 1. The summed E-state index contributed by atoms with van der Waals surface area (Å²) in [6.07, 6.45) is 2.57. The van der Waals surface area contributed by atoms with Crippen LogP contribution >= 0.6 is 0 Å². The molecule has 0 aromatic carbocycles. The van der Waals surface area contributed by atoms with E-state index in [0.717, 1.165) is 31.7 Å². The van der Waals surface area contributed by atoms with E-state index < -0.39 is 10.0 Å². The molecule has 1 atom stereocenters. The van der Waals surface area contributed by atoms with E-state index >= 15 is 0 Å². The Bertz CT molecular complexity index is 560. The van der Waals surface area contributed by atoms with Gasteiger partial charge in [-0.2, -0.15) is 4.31 Å². The van der Waals surface area contributed by atoms with Crippen LogP contribution in [-0.2, 0) is 23.1 Å². The summed E-state index contributed by atoms with van der Waals surface area (Å²) in [5.41, 5.74) is 6.55. The third-order valence-corrected chi connectivity index (χ3v) is 6.08. The van der Waals surface area contributed by atoms with Crippen molar-refractivity contribution in [1.82, 2.24) is 13.8 Å². The van der Waals surface area contributed by atoms with E-state index in [1.165, 1.54) is 0 Å². The van der Waals surface area contributed by atoms with Crippen LogP contribution in [0.4, 0.5) is 0 Å². The van der Waals surface area contributed by atoms with Crippen molar-refractivity contribution in [3.63, 3.8) is 0 Å². The molecule has 1 fully saturated rings. The summed E-state index contributed by atoms with van der Waals surface area (Å²) in [6, 6.07) is 1.69. The highest BCUT2D eigenvalue weighted by Gasteiger charge is 2.32. The van der Waals surface area contributed by atoms with Crippen LogP contribution in [0, 0.1) is 0 Å². The summed E-state index contributed by atoms with van der Waals surface area (Å²) >= 11 is 0. The van der Waals surface area contributed by atoms with Crippen molar-refractivity contribution in [2.75, 3.05) is 26.7 Å². The summed E-state index contributed by atoms with van der Waals surface area (Å²) in [4.78, 5) is 2.55. The van der Waals surface area contributed by atoms with Gasteiger partial charge in [0.05, 0.1) is 0 Å². The summed E-state index contributed by atoms with van der Waals surface area (Å²) in [5, 5.41) is 0. The molecule has 0 radical (unpaired) electrons. The normalized spacial score (nSPS) is 22.4. The SMILES string of the molecule is CCn1cc(S(=O)(=O)N2CCCN(C)CC2C)cc1CN. The van der Waals surface area contributed by atoms with Gasteiger partial charge in [0.1, 0.15) is 4.90 Å². The topological polar surface area (TPSA) is 71.6 Å². The molecule has 1 aromatic rings. The number of nitrogens with two attached hydrogens (primary N) is 1. The second-order valence-corrected chi connectivity index (χ2v) is 7.63. The standard InChI is InChI=1S/C14H26N4O2S/c1-4-17-11-14(8-13(17)9-15)21(19,20)18-7-5-6-16(3)10-12(18)2/h8,11-12H,4-7,9-10,15H2,1-3H3. The zero-order chi connectivity index (χ0) is 15.6. The average molecular weight is 314 g/mol. The Labute approximate surface area is 127 Å².